The van der Waals surface area contributed by atoms with Crippen LogP contribution in [0.3, 0.4) is 0 Å². The van der Waals surface area contributed by atoms with Crippen LogP contribution in [0.1, 0.15) is 30.3 Å². The van der Waals surface area contributed by atoms with E-state index in [4.69, 9.17) is 10.2 Å². The van der Waals surface area contributed by atoms with E-state index in [2.05, 4.69) is 6.92 Å². The first kappa shape index (κ1) is 11.9. The van der Waals surface area contributed by atoms with Crippen molar-refractivity contribution >= 4 is 16.8 Å². The topological polar surface area (TPSA) is 56.2 Å². The molecule has 3 heteroatoms. The number of benzene rings is 1. The first-order valence-corrected chi connectivity index (χ1v) is 5.99. The first-order chi connectivity index (χ1) is 8.26. The van der Waals surface area contributed by atoms with E-state index in [-0.39, 0.29) is 11.7 Å². The second-order valence-corrected chi connectivity index (χ2v) is 4.23. The zero-order chi connectivity index (χ0) is 12.3. The highest BCUT2D eigenvalue weighted by Gasteiger charge is 2.21. The van der Waals surface area contributed by atoms with E-state index < -0.39 is 0 Å². The van der Waals surface area contributed by atoms with Gasteiger partial charge in [-0.05, 0) is 18.6 Å². The minimum absolute atomic E-state index is 0.0190. The Morgan fingerprint density at radius 2 is 2.18 bits per heavy atom. The van der Waals surface area contributed by atoms with E-state index in [9.17, 15) is 4.79 Å². The first-order valence-electron chi connectivity index (χ1n) is 5.99. The highest BCUT2D eigenvalue weighted by molar-refractivity contribution is 5.99. The number of hydrogen-bond donors (Lipinski definition) is 1. The molecule has 17 heavy (non-hydrogen) atoms. The smallest absolute Gasteiger partial charge is 0.202 e. The Hall–Kier alpha value is -1.61. The van der Waals surface area contributed by atoms with E-state index in [1.807, 2.05) is 24.3 Å². The third kappa shape index (κ3) is 2.39. The summed E-state index contributed by atoms with van der Waals surface area (Å²) in [7, 11) is 0. The maximum absolute atomic E-state index is 12.2. The molecular weight excluding hydrogens is 214 g/mol. The predicted molar refractivity (Wildman–Crippen MR) is 68.0 cm³/mol. The summed E-state index contributed by atoms with van der Waals surface area (Å²) in [5, 5.41) is 0.961. The number of nitrogens with two attached hydrogens (primary N) is 1. The molecule has 2 N–H and O–H groups in total. The van der Waals surface area contributed by atoms with Crippen molar-refractivity contribution in [3.05, 3.63) is 36.1 Å². The molecule has 0 saturated carbocycles. The maximum Gasteiger partial charge on any atom is 0.202 e. The summed E-state index contributed by atoms with van der Waals surface area (Å²) < 4.78 is 5.55. The van der Waals surface area contributed by atoms with Crippen molar-refractivity contribution in [2.75, 3.05) is 6.54 Å². The van der Waals surface area contributed by atoms with Crippen molar-refractivity contribution < 1.29 is 9.21 Å². The zero-order valence-corrected chi connectivity index (χ0v) is 9.98. The van der Waals surface area contributed by atoms with Crippen molar-refractivity contribution in [1.29, 1.82) is 0 Å². The molecule has 1 atom stereocenters. The molecule has 90 valence electrons. The van der Waals surface area contributed by atoms with E-state index >= 15 is 0 Å². The summed E-state index contributed by atoms with van der Waals surface area (Å²) in [5.41, 5.74) is 6.38. The van der Waals surface area contributed by atoms with E-state index in [0.717, 1.165) is 23.8 Å². The van der Waals surface area contributed by atoms with Crippen LogP contribution in [0.2, 0.25) is 0 Å². The molecule has 1 heterocycles. The summed E-state index contributed by atoms with van der Waals surface area (Å²) in [6, 6.07) is 9.43. The molecule has 0 aliphatic rings. The number of rotatable bonds is 5. The van der Waals surface area contributed by atoms with Crippen molar-refractivity contribution in [1.82, 2.24) is 0 Å². The van der Waals surface area contributed by atoms with Gasteiger partial charge < -0.3 is 10.2 Å². The van der Waals surface area contributed by atoms with Crippen LogP contribution in [0.4, 0.5) is 0 Å². The SMILES string of the molecule is CCCC(CN)C(=O)c1cc2ccccc2o1. The molecule has 1 aromatic heterocycles. The lowest BCUT2D eigenvalue weighted by Gasteiger charge is -2.09. The Morgan fingerprint density at radius 3 is 2.82 bits per heavy atom. The van der Waals surface area contributed by atoms with Gasteiger partial charge in [0.05, 0.1) is 0 Å². The van der Waals surface area contributed by atoms with Gasteiger partial charge in [0.15, 0.2) is 5.76 Å². The number of carbonyl (C=O) groups is 1. The van der Waals surface area contributed by atoms with Crippen molar-refractivity contribution in [2.45, 2.75) is 19.8 Å². The van der Waals surface area contributed by atoms with Gasteiger partial charge in [-0.15, -0.1) is 0 Å². The van der Waals surface area contributed by atoms with Crippen molar-refractivity contribution in [2.24, 2.45) is 11.7 Å². The number of Topliss-reactive ketones (excluding diaryl/α,β-unsaturated/α-hetero) is 1. The second kappa shape index (κ2) is 5.15. The minimum Gasteiger partial charge on any atom is -0.453 e. The fraction of sp³-hybridized carbons (Fsp3) is 0.357. The molecule has 0 aliphatic carbocycles. The Morgan fingerprint density at radius 1 is 1.41 bits per heavy atom. The summed E-state index contributed by atoms with van der Waals surface area (Å²) in [5.74, 6) is 0.321. The lowest BCUT2D eigenvalue weighted by Crippen LogP contribution is -2.23. The molecular formula is C14H17NO2. The van der Waals surface area contributed by atoms with Gasteiger partial charge in [0, 0.05) is 17.8 Å². The van der Waals surface area contributed by atoms with E-state index in [1.165, 1.54) is 0 Å². The molecule has 0 fully saturated rings. The number of carbonyl (C=O) groups excluding carboxylic acids is 1. The molecule has 0 aliphatic heterocycles. The van der Waals surface area contributed by atoms with Gasteiger partial charge in [0.25, 0.3) is 0 Å². The average Bonchev–Trinajstić information content (AvgIpc) is 2.78. The molecule has 0 spiro atoms. The van der Waals surface area contributed by atoms with Crippen molar-refractivity contribution in [3.8, 4) is 0 Å². The van der Waals surface area contributed by atoms with Crippen LogP contribution in [-0.4, -0.2) is 12.3 Å². The van der Waals surface area contributed by atoms with Crippen LogP contribution < -0.4 is 5.73 Å². The lowest BCUT2D eigenvalue weighted by molar-refractivity contribution is 0.0891. The van der Waals surface area contributed by atoms with Crippen LogP contribution >= 0.6 is 0 Å². The van der Waals surface area contributed by atoms with Crippen LogP contribution in [0.5, 0.6) is 0 Å². The summed E-state index contributed by atoms with van der Waals surface area (Å²) >= 11 is 0. The highest BCUT2D eigenvalue weighted by Crippen LogP contribution is 2.22. The molecule has 0 amide bonds. The molecule has 0 bridgehead atoms. The van der Waals surface area contributed by atoms with Gasteiger partial charge >= 0.3 is 0 Å². The van der Waals surface area contributed by atoms with Gasteiger partial charge in [0.2, 0.25) is 5.78 Å². The molecule has 1 aromatic carbocycles. The molecule has 3 nitrogen and oxygen atoms in total. The Labute approximate surface area is 101 Å². The molecule has 2 aromatic rings. The standard InChI is InChI=1S/C14H17NO2/c1-2-5-11(9-15)14(16)13-8-10-6-3-4-7-12(10)17-13/h3-4,6-8,11H,2,5,9,15H2,1H3. The van der Waals surface area contributed by atoms with Gasteiger partial charge in [-0.25, -0.2) is 0 Å². The van der Waals surface area contributed by atoms with Gasteiger partial charge in [0.1, 0.15) is 5.58 Å². The van der Waals surface area contributed by atoms with Crippen LogP contribution in [0.15, 0.2) is 34.7 Å². The monoisotopic (exact) mass is 231 g/mol. The maximum atomic E-state index is 12.2. The molecule has 0 saturated heterocycles. The largest absolute Gasteiger partial charge is 0.453 e. The minimum atomic E-state index is -0.124. The number of hydrogen-bond acceptors (Lipinski definition) is 3. The van der Waals surface area contributed by atoms with Crippen LogP contribution in [0.25, 0.3) is 11.0 Å². The van der Waals surface area contributed by atoms with Gasteiger partial charge in [-0.2, -0.15) is 0 Å². The zero-order valence-electron chi connectivity index (χ0n) is 9.98. The number of furan rings is 1. The highest BCUT2D eigenvalue weighted by atomic mass is 16.3. The lowest BCUT2D eigenvalue weighted by atomic mass is 9.97. The number of para-hydroxylation sites is 1. The average molecular weight is 231 g/mol. The number of ketones is 1. The Bertz CT molecular complexity index is 483. The van der Waals surface area contributed by atoms with Crippen molar-refractivity contribution in [3.63, 3.8) is 0 Å². The summed E-state index contributed by atoms with van der Waals surface area (Å²) in [6.45, 7) is 2.43. The Balaban J connectivity index is 2.29. The molecule has 2 rings (SSSR count). The van der Waals surface area contributed by atoms with Gasteiger partial charge in [-0.1, -0.05) is 31.5 Å². The van der Waals surface area contributed by atoms with Crippen LogP contribution in [0, 0.1) is 5.92 Å². The summed E-state index contributed by atoms with van der Waals surface area (Å²) in [6.07, 6.45) is 1.76. The fourth-order valence-electron chi connectivity index (χ4n) is 2.01. The van der Waals surface area contributed by atoms with Gasteiger partial charge in [-0.3, -0.25) is 4.79 Å². The van der Waals surface area contributed by atoms with Crippen LogP contribution in [-0.2, 0) is 0 Å². The quantitative estimate of drug-likeness (QED) is 0.805. The second-order valence-electron chi connectivity index (χ2n) is 4.23. The predicted octanol–water partition coefficient (Wildman–Crippen LogP) is 2.99. The molecule has 1 unspecified atom stereocenters. The fourth-order valence-corrected chi connectivity index (χ4v) is 2.01. The third-order valence-electron chi connectivity index (χ3n) is 2.96. The normalized spacial score (nSPS) is 12.8. The summed E-state index contributed by atoms with van der Waals surface area (Å²) in [4.78, 5) is 12.2. The molecule has 0 radical (unpaired) electrons. The Kier molecular flexibility index (Phi) is 3.59. The number of fused-ring (bicyclic) bond motifs is 1. The third-order valence-corrected chi connectivity index (χ3v) is 2.96. The van der Waals surface area contributed by atoms with E-state index in [0.29, 0.717) is 12.3 Å². The van der Waals surface area contributed by atoms with E-state index in [1.54, 1.807) is 6.07 Å².